The van der Waals surface area contributed by atoms with Crippen LogP contribution in [0.3, 0.4) is 0 Å². The first-order chi connectivity index (χ1) is 15.5. The lowest BCUT2D eigenvalue weighted by atomic mass is 9.91. The number of esters is 1. The molecule has 2 aromatic carbocycles. The second-order valence-corrected chi connectivity index (χ2v) is 7.80. The van der Waals surface area contributed by atoms with Crippen LogP contribution in [0.2, 0.25) is 0 Å². The van der Waals surface area contributed by atoms with Crippen molar-refractivity contribution in [1.29, 1.82) is 0 Å². The van der Waals surface area contributed by atoms with Crippen molar-refractivity contribution in [3.05, 3.63) is 75.6 Å². The number of hydrogen-bond donors (Lipinski definition) is 1. The molecular formula is C25H25NO6. The van der Waals surface area contributed by atoms with Gasteiger partial charge in [-0.15, -0.1) is 0 Å². The molecule has 7 heteroatoms. The van der Waals surface area contributed by atoms with Gasteiger partial charge in [0.15, 0.2) is 0 Å². The van der Waals surface area contributed by atoms with Crippen molar-refractivity contribution in [1.82, 2.24) is 5.32 Å². The number of carbonyl (C=O) groups excluding carboxylic acids is 2. The van der Waals surface area contributed by atoms with Crippen molar-refractivity contribution >= 4 is 23.0 Å². The highest BCUT2D eigenvalue weighted by molar-refractivity contribution is 5.86. The zero-order chi connectivity index (χ0) is 22.5. The molecule has 0 fully saturated rings. The number of amides is 1. The molecule has 4 rings (SSSR count). The summed E-state index contributed by atoms with van der Waals surface area (Å²) in [6.45, 7) is 1.86. The smallest absolute Gasteiger partial charge is 0.408 e. The molecule has 1 heterocycles. The minimum absolute atomic E-state index is 0.103. The average molecular weight is 435 g/mol. The Morgan fingerprint density at radius 3 is 2.56 bits per heavy atom. The SMILES string of the molecule is CC[C@@H](NC(=O)OCc1ccccc1)C(=O)Oc1ccc2c3c(c(=O)oc2c1)CCCC3. The van der Waals surface area contributed by atoms with Gasteiger partial charge in [0.05, 0.1) is 0 Å². The Labute approximate surface area is 185 Å². The molecule has 7 nitrogen and oxygen atoms in total. The molecule has 1 atom stereocenters. The van der Waals surface area contributed by atoms with Gasteiger partial charge in [0.25, 0.3) is 0 Å². The number of carbonyl (C=O) groups is 2. The third kappa shape index (κ3) is 4.82. The molecule has 0 bridgehead atoms. The average Bonchev–Trinajstić information content (AvgIpc) is 2.82. The first kappa shape index (κ1) is 21.6. The predicted molar refractivity (Wildman–Crippen MR) is 119 cm³/mol. The van der Waals surface area contributed by atoms with Gasteiger partial charge in [-0.1, -0.05) is 37.3 Å². The standard InChI is InChI=1S/C25H25NO6/c1-2-21(26-25(29)30-15-16-8-4-3-5-9-16)24(28)31-17-12-13-19-18-10-6-7-11-20(18)23(27)32-22(19)14-17/h3-5,8-9,12-14,21H,2,6-7,10-11,15H2,1H3,(H,26,29)/t21-/m1/s1. The highest BCUT2D eigenvalue weighted by Crippen LogP contribution is 2.29. The summed E-state index contributed by atoms with van der Waals surface area (Å²) in [6.07, 6.45) is 3.21. The Bertz CT molecular complexity index is 1180. The van der Waals surface area contributed by atoms with E-state index in [1.54, 1.807) is 19.1 Å². The van der Waals surface area contributed by atoms with Crippen LogP contribution in [0.1, 0.15) is 42.9 Å². The molecule has 1 N–H and O–H groups in total. The summed E-state index contributed by atoms with van der Waals surface area (Å²) in [6, 6.07) is 13.4. The third-order valence-corrected chi connectivity index (χ3v) is 5.61. The fraction of sp³-hybridized carbons (Fsp3) is 0.320. The lowest BCUT2D eigenvalue weighted by Crippen LogP contribution is -2.42. The van der Waals surface area contributed by atoms with E-state index in [9.17, 15) is 14.4 Å². The number of hydrogen-bond acceptors (Lipinski definition) is 6. The largest absolute Gasteiger partial charge is 0.445 e. The number of ether oxygens (including phenoxy) is 2. The maximum Gasteiger partial charge on any atom is 0.408 e. The van der Waals surface area contributed by atoms with Gasteiger partial charge in [-0.05, 0) is 55.4 Å². The van der Waals surface area contributed by atoms with E-state index in [1.807, 2.05) is 36.4 Å². The van der Waals surface area contributed by atoms with E-state index < -0.39 is 18.1 Å². The van der Waals surface area contributed by atoms with Crippen molar-refractivity contribution in [2.45, 2.75) is 51.7 Å². The van der Waals surface area contributed by atoms with E-state index in [2.05, 4.69) is 5.32 Å². The summed E-state index contributed by atoms with van der Waals surface area (Å²) in [5.74, 6) is -0.372. The van der Waals surface area contributed by atoms with Gasteiger partial charge in [-0.25, -0.2) is 14.4 Å². The first-order valence-electron chi connectivity index (χ1n) is 10.8. The van der Waals surface area contributed by atoms with Crippen LogP contribution in [-0.4, -0.2) is 18.1 Å². The number of rotatable bonds is 6. The number of benzene rings is 2. The summed E-state index contributed by atoms with van der Waals surface area (Å²) in [4.78, 5) is 37.0. The molecule has 0 saturated heterocycles. The topological polar surface area (TPSA) is 94.8 Å². The Morgan fingerprint density at radius 2 is 1.81 bits per heavy atom. The molecule has 0 radical (unpaired) electrons. The Balaban J connectivity index is 1.42. The zero-order valence-electron chi connectivity index (χ0n) is 17.9. The van der Waals surface area contributed by atoms with Crippen LogP contribution in [0, 0.1) is 0 Å². The van der Waals surface area contributed by atoms with Crippen LogP contribution >= 0.6 is 0 Å². The summed E-state index contributed by atoms with van der Waals surface area (Å²) >= 11 is 0. The van der Waals surface area contributed by atoms with Crippen molar-refractivity contribution in [3.8, 4) is 5.75 Å². The Kier molecular flexibility index (Phi) is 6.54. The van der Waals surface area contributed by atoms with Gasteiger partial charge in [-0.2, -0.15) is 0 Å². The maximum absolute atomic E-state index is 12.6. The molecule has 0 aliphatic heterocycles. The van der Waals surface area contributed by atoms with Gasteiger partial charge < -0.3 is 19.2 Å². The van der Waals surface area contributed by atoms with Crippen LogP contribution in [-0.2, 0) is 29.0 Å². The number of alkyl carbamates (subject to hydrolysis) is 1. The van der Waals surface area contributed by atoms with Crippen LogP contribution in [0.4, 0.5) is 4.79 Å². The van der Waals surface area contributed by atoms with E-state index >= 15 is 0 Å². The second kappa shape index (κ2) is 9.68. The van der Waals surface area contributed by atoms with Gasteiger partial charge in [0.2, 0.25) is 0 Å². The third-order valence-electron chi connectivity index (χ3n) is 5.61. The van der Waals surface area contributed by atoms with E-state index in [-0.39, 0.29) is 18.0 Å². The molecule has 3 aromatic rings. The normalized spacial score (nSPS) is 13.8. The Hall–Kier alpha value is -3.61. The first-order valence-corrected chi connectivity index (χ1v) is 10.8. The molecule has 0 saturated carbocycles. The van der Waals surface area contributed by atoms with E-state index in [1.165, 1.54) is 0 Å². The molecule has 0 unspecified atom stereocenters. The summed E-state index contributed by atoms with van der Waals surface area (Å²) in [5, 5.41) is 3.40. The molecule has 1 aliphatic rings. The lowest BCUT2D eigenvalue weighted by Gasteiger charge is -2.17. The number of nitrogens with one attached hydrogen (secondary N) is 1. The van der Waals surface area contributed by atoms with E-state index in [0.717, 1.165) is 47.8 Å². The van der Waals surface area contributed by atoms with Crippen molar-refractivity contribution in [2.24, 2.45) is 0 Å². The highest BCUT2D eigenvalue weighted by Gasteiger charge is 2.23. The fourth-order valence-corrected chi connectivity index (χ4v) is 3.91. The summed E-state index contributed by atoms with van der Waals surface area (Å²) in [5.41, 5.74) is 2.68. The molecule has 0 spiro atoms. The van der Waals surface area contributed by atoms with Crippen LogP contribution < -0.4 is 15.7 Å². The molecule has 32 heavy (non-hydrogen) atoms. The molecule has 166 valence electrons. The van der Waals surface area contributed by atoms with Crippen LogP contribution in [0.15, 0.2) is 57.7 Å². The van der Waals surface area contributed by atoms with E-state index in [4.69, 9.17) is 13.9 Å². The lowest BCUT2D eigenvalue weighted by molar-refractivity contribution is -0.136. The van der Waals surface area contributed by atoms with Crippen LogP contribution in [0.25, 0.3) is 11.0 Å². The highest BCUT2D eigenvalue weighted by atomic mass is 16.6. The molecule has 1 aromatic heterocycles. The second-order valence-electron chi connectivity index (χ2n) is 7.80. The molecule has 1 aliphatic carbocycles. The van der Waals surface area contributed by atoms with Gasteiger partial charge in [-0.3, -0.25) is 0 Å². The minimum atomic E-state index is -0.871. The van der Waals surface area contributed by atoms with Gasteiger partial charge in [0.1, 0.15) is 24.0 Å². The minimum Gasteiger partial charge on any atom is -0.445 e. The van der Waals surface area contributed by atoms with E-state index in [0.29, 0.717) is 12.0 Å². The van der Waals surface area contributed by atoms with Crippen LogP contribution in [0.5, 0.6) is 5.75 Å². The van der Waals surface area contributed by atoms with Crippen molar-refractivity contribution in [2.75, 3.05) is 0 Å². The molecule has 1 amide bonds. The quantitative estimate of drug-likeness (QED) is 0.353. The van der Waals surface area contributed by atoms with Crippen molar-refractivity contribution in [3.63, 3.8) is 0 Å². The fourth-order valence-electron chi connectivity index (χ4n) is 3.91. The van der Waals surface area contributed by atoms with Gasteiger partial charge in [0, 0.05) is 17.0 Å². The Morgan fingerprint density at radius 1 is 1.06 bits per heavy atom. The number of aryl methyl sites for hydroxylation is 1. The monoisotopic (exact) mass is 435 g/mol. The zero-order valence-corrected chi connectivity index (χ0v) is 17.9. The number of fused-ring (bicyclic) bond motifs is 3. The van der Waals surface area contributed by atoms with Crippen molar-refractivity contribution < 1.29 is 23.5 Å². The maximum atomic E-state index is 12.6. The summed E-state index contributed by atoms with van der Waals surface area (Å²) < 4.78 is 16.1. The predicted octanol–water partition coefficient (Wildman–Crippen LogP) is 4.28. The molecular weight excluding hydrogens is 410 g/mol. The van der Waals surface area contributed by atoms with Gasteiger partial charge >= 0.3 is 17.7 Å². The summed E-state index contributed by atoms with van der Waals surface area (Å²) in [7, 11) is 0.